The zero-order valence-corrected chi connectivity index (χ0v) is 19.9. The van der Waals surface area contributed by atoms with E-state index in [9.17, 15) is 9.59 Å². The lowest BCUT2D eigenvalue weighted by atomic mass is 10.00. The first-order chi connectivity index (χ1) is 16.4. The number of hydrogen-bond acceptors (Lipinski definition) is 6. The van der Waals surface area contributed by atoms with E-state index in [4.69, 9.17) is 4.74 Å². The third-order valence-corrected chi connectivity index (χ3v) is 6.64. The Morgan fingerprint density at radius 2 is 2.12 bits per heavy atom. The number of benzene rings is 1. The highest BCUT2D eigenvalue weighted by Crippen LogP contribution is 2.32. The molecule has 0 bridgehead atoms. The van der Waals surface area contributed by atoms with E-state index < -0.39 is 0 Å². The molecule has 1 fully saturated rings. The van der Waals surface area contributed by atoms with Crippen LogP contribution in [0.1, 0.15) is 24.4 Å². The minimum Gasteiger partial charge on any atom is -0.493 e. The first-order valence-electron chi connectivity index (χ1n) is 11.4. The average Bonchev–Trinajstić information content (AvgIpc) is 3.41. The zero-order valence-electron chi connectivity index (χ0n) is 19.9. The summed E-state index contributed by atoms with van der Waals surface area (Å²) in [7, 11) is 5.15. The fourth-order valence-corrected chi connectivity index (χ4v) is 4.86. The van der Waals surface area contributed by atoms with Gasteiger partial charge in [0.25, 0.3) is 0 Å². The lowest BCUT2D eigenvalue weighted by molar-refractivity contribution is -0.130. The van der Waals surface area contributed by atoms with Crippen molar-refractivity contribution in [2.24, 2.45) is 0 Å². The number of aromatic amines is 1. The van der Waals surface area contributed by atoms with Gasteiger partial charge in [0, 0.05) is 32.4 Å². The summed E-state index contributed by atoms with van der Waals surface area (Å²) in [6.07, 6.45) is 5.25. The second-order valence-electron chi connectivity index (χ2n) is 9.13. The SMILES string of the molecule is COc1cc(-c2cc3[nH]c(=O)n([C@@H]4CCCN(CC(=O)N(C)C)C4)c3cc2C)cn2ncnc12. The third kappa shape index (κ3) is 3.83. The van der Waals surface area contributed by atoms with Gasteiger partial charge in [-0.15, -0.1) is 0 Å². The highest BCUT2D eigenvalue weighted by Gasteiger charge is 2.26. The van der Waals surface area contributed by atoms with Gasteiger partial charge >= 0.3 is 5.69 Å². The molecule has 1 amide bonds. The van der Waals surface area contributed by atoms with E-state index in [-0.39, 0.29) is 17.6 Å². The van der Waals surface area contributed by atoms with Gasteiger partial charge in [-0.3, -0.25) is 14.3 Å². The Balaban J connectivity index is 1.52. The smallest absolute Gasteiger partial charge is 0.326 e. The van der Waals surface area contributed by atoms with Gasteiger partial charge < -0.3 is 14.6 Å². The molecule has 34 heavy (non-hydrogen) atoms. The summed E-state index contributed by atoms with van der Waals surface area (Å²) in [5.41, 5.74) is 5.14. The van der Waals surface area contributed by atoms with Crippen LogP contribution in [-0.4, -0.2) is 80.7 Å². The van der Waals surface area contributed by atoms with E-state index in [0.717, 1.165) is 47.1 Å². The van der Waals surface area contributed by atoms with E-state index in [1.165, 1.54) is 6.33 Å². The van der Waals surface area contributed by atoms with Crippen LogP contribution in [0, 0.1) is 6.92 Å². The highest BCUT2D eigenvalue weighted by molar-refractivity contribution is 5.85. The Hall–Kier alpha value is -3.66. The summed E-state index contributed by atoms with van der Waals surface area (Å²) in [6.45, 7) is 3.95. The van der Waals surface area contributed by atoms with E-state index in [1.807, 2.05) is 29.8 Å². The Labute approximate surface area is 196 Å². The van der Waals surface area contributed by atoms with Crippen LogP contribution in [0.5, 0.6) is 5.75 Å². The number of carbonyl (C=O) groups is 1. The van der Waals surface area contributed by atoms with Crippen molar-refractivity contribution in [2.75, 3.05) is 40.8 Å². The van der Waals surface area contributed by atoms with Crippen molar-refractivity contribution in [3.8, 4) is 16.9 Å². The Kier molecular flexibility index (Phi) is 5.60. The number of nitrogens with one attached hydrogen (secondary N) is 1. The molecule has 5 rings (SSSR count). The fourth-order valence-electron chi connectivity index (χ4n) is 4.86. The number of hydrogen-bond donors (Lipinski definition) is 1. The molecule has 0 radical (unpaired) electrons. The van der Waals surface area contributed by atoms with Crippen LogP contribution in [0.3, 0.4) is 0 Å². The van der Waals surface area contributed by atoms with Crippen molar-refractivity contribution >= 4 is 22.6 Å². The molecule has 1 aliphatic rings. The molecule has 1 saturated heterocycles. The summed E-state index contributed by atoms with van der Waals surface area (Å²) in [5, 5.41) is 4.26. The second kappa shape index (κ2) is 8.60. The Morgan fingerprint density at radius 3 is 2.88 bits per heavy atom. The number of aromatic nitrogens is 5. The van der Waals surface area contributed by atoms with Crippen molar-refractivity contribution < 1.29 is 9.53 Å². The van der Waals surface area contributed by atoms with Crippen LogP contribution in [0.4, 0.5) is 0 Å². The summed E-state index contributed by atoms with van der Waals surface area (Å²) < 4.78 is 9.07. The number of methoxy groups -OCH3 is 1. The number of likely N-dealkylation sites (N-methyl/N-ethyl adjacent to an activating group) is 1. The predicted molar refractivity (Wildman–Crippen MR) is 129 cm³/mol. The van der Waals surface area contributed by atoms with Gasteiger partial charge in [-0.2, -0.15) is 5.10 Å². The number of rotatable bonds is 5. The monoisotopic (exact) mass is 463 g/mol. The third-order valence-electron chi connectivity index (χ3n) is 6.64. The van der Waals surface area contributed by atoms with Crippen LogP contribution >= 0.6 is 0 Å². The first kappa shape index (κ1) is 22.1. The maximum absolute atomic E-state index is 13.0. The van der Waals surface area contributed by atoms with E-state index in [1.54, 1.807) is 30.6 Å². The largest absolute Gasteiger partial charge is 0.493 e. The number of imidazole rings is 1. The number of fused-ring (bicyclic) bond motifs is 2. The van der Waals surface area contributed by atoms with Crippen molar-refractivity contribution in [3.05, 3.63) is 46.8 Å². The van der Waals surface area contributed by atoms with Gasteiger partial charge in [-0.05, 0) is 55.6 Å². The molecule has 1 atom stereocenters. The Morgan fingerprint density at radius 1 is 1.29 bits per heavy atom. The number of carbonyl (C=O) groups excluding carboxylic acids is 1. The lowest BCUT2D eigenvalue weighted by Gasteiger charge is -2.33. The van der Waals surface area contributed by atoms with Gasteiger partial charge in [0.2, 0.25) is 5.91 Å². The van der Waals surface area contributed by atoms with Crippen molar-refractivity contribution in [1.29, 1.82) is 0 Å². The minimum atomic E-state index is -0.123. The maximum atomic E-state index is 13.0. The van der Waals surface area contributed by atoms with E-state index in [2.05, 4.69) is 26.0 Å². The quantitative estimate of drug-likeness (QED) is 0.486. The predicted octanol–water partition coefficient (Wildman–Crippen LogP) is 2.08. The number of amides is 1. The molecular weight excluding hydrogens is 434 g/mol. The molecule has 0 aliphatic carbocycles. The zero-order chi connectivity index (χ0) is 24.0. The molecule has 4 heterocycles. The standard InChI is InChI=1S/C24H29N7O3/c1-15-8-20-19(10-18(15)16-9-21(34-4)23-25-14-26-30(23)11-16)27-24(33)31(20)17-6-5-7-29(12-17)13-22(32)28(2)3/h8-11,14,17H,5-7,12-13H2,1-4H3,(H,27,33)/t17-/m1/s1. The second-order valence-corrected chi connectivity index (χ2v) is 9.13. The molecule has 10 heteroatoms. The minimum absolute atomic E-state index is 0.0156. The molecule has 3 aromatic heterocycles. The van der Waals surface area contributed by atoms with Crippen LogP contribution in [0.2, 0.25) is 0 Å². The number of likely N-dealkylation sites (tertiary alicyclic amines) is 1. The van der Waals surface area contributed by atoms with Gasteiger partial charge in [-0.25, -0.2) is 14.3 Å². The lowest BCUT2D eigenvalue weighted by Crippen LogP contribution is -2.44. The summed E-state index contributed by atoms with van der Waals surface area (Å²) in [6, 6.07) is 6.02. The van der Waals surface area contributed by atoms with Crippen LogP contribution in [0.15, 0.2) is 35.5 Å². The molecule has 178 valence electrons. The number of aryl methyl sites for hydroxylation is 1. The molecule has 0 saturated carbocycles. The van der Waals surface area contributed by atoms with Crippen LogP contribution < -0.4 is 10.4 Å². The van der Waals surface area contributed by atoms with Gasteiger partial charge in [-0.1, -0.05) is 0 Å². The van der Waals surface area contributed by atoms with Crippen LogP contribution in [0.25, 0.3) is 27.8 Å². The van der Waals surface area contributed by atoms with Gasteiger partial charge in [0.05, 0.1) is 30.7 Å². The van der Waals surface area contributed by atoms with Crippen molar-refractivity contribution in [1.82, 2.24) is 33.9 Å². The number of nitrogens with zero attached hydrogens (tertiary/aromatic N) is 6. The summed E-state index contributed by atoms with van der Waals surface area (Å²) >= 11 is 0. The van der Waals surface area contributed by atoms with Crippen molar-refractivity contribution in [3.63, 3.8) is 0 Å². The molecular formula is C24H29N7O3. The molecule has 1 aliphatic heterocycles. The molecule has 0 spiro atoms. The normalized spacial score (nSPS) is 16.9. The van der Waals surface area contributed by atoms with Crippen LogP contribution in [-0.2, 0) is 4.79 Å². The first-order valence-corrected chi connectivity index (χ1v) is 11.4. The number of pyridine rings is 1. The number of piperidine rings is 1. The topological polar surface area (TPSA) is 101 Å². The molecule has 0 unspecified atom stereocenters. The number of ether oxygens (including phenoxy) is 1. The number of H-pyrrole nitrogens is 1. The van der Waals surface area contributed by atoms with Gasteiger partial charge in [0.1, 0.15) is 6.33 Å². The summed E-state index contributed by atoms with van der Waals surface area (Å²) in [5.74, 6) is 0.710. The average molecular weight is 464 g/mol. The van der Waals surface area contributed by atoms with E-state index >= 15 is 0 Å². The fraction of sp³-hybridized carbons (Fsp3) is 0.417. The van der Waals surface area contributed by atoms with Gasteiger partial charge in [0.15, 0.2) is 11.4 Å². The van der Waals surface area contributed by atoms with Crippen molar-refractivity contribution in [2.45, 2.75) is 25.8 Å². The summed E-state index contributed by atoms with van der Waals surface area (Å²) in [4.78, 5) is 36.3. The Bertz CT molecular complexity index is 1430. The molecule has 10 nitrogen and oxygen atoms in total. The molecule has 4 aromatic rings. The maximum Gasteiger partial charge on any atom is 0.326 e. The highest BCUT2D eigenvalue weighted by atomic mass is 16.5. The van der Waals surface area contributed by atoms with E-state index in [0.29, 0.717) is 24.5 Å². The molecule has 1 N–H and O–H groups in total. The molecule has 1 aromatic carbocycles.